The second kappa shape index (κ2) is 12.1. The number of carbonyl (C=O) groups is 1. The van der Waals surface area contributed by atoms with Crippen LogP contribution in [-0.4, -0.2) is 62.7 Å². The zero-order valence-corrected chi connectivity index (χ0v) is 21.4. The lowest BCUT2D eigenvalue weighted by molar-refractivity contribution is -0.137. The lowest BCUT2D eigenvalue weighted by Gasteiger charge is -2.36. The van der Waals surface area contributed by atoms with E-state index in [0.29, 0.717) is 38.0 Å². The molecule has 2 aliphatic rings. The summed E-state index contributed by atoms with van der Waals surface area (Å²) in [5, 5.41) is 12.8. The summed E-state index contributed by atoms with van der Waals surface area (Å²) in [6, 6.07) is 13.3. The Morgan fingerprint density at radius 1 is 1.00 bits per heavy atom. The Bertz CT molecular complexity index is 1120. The summed E-state index contributed by atoms with van der Waals surface area (Å²) in [5.41, 5.74) is 0.305. The van der Waals surface area contributed by atoms with Crippen molar-refractivity contribution in [3.05, 3.63) is 58.6 Å². The van der Waals surface area contributed by atoms with Crippen LogP contribution in [0.25, 0.3) is 0 Å². The van der Waals surface area contributed by atoms with Gasteiger partial charge in [-0.2, -0.15) is 18.4 Å². The highest BCUT2D eigenvalue weighted by Gasteiger charge is 2.34. The van der Waals surface area contributed by atoms with E-state index in [4.69, 9.17) is 16.9 Å². The van der Waals surface area contributed by atoms with E-state index >= 15 is 0 Å². The largest absolute Gasteiger partial charge is 0.417 e. The molecular weight excluding hydrogens is 503 g/mol. The van der Waals surface area contributed by atoms with Crippen molar-refractivity contribution in [3.63, 3.8) is 0 Å². The van der Waals surface area contributed by atoms with Gasteiger partial charge in [0.15, 0.2) is 0 Å². The smallest absolute Gasteiger partial charge is 0.371 e. The molecule has 198 valence electrons. The lowest BCUT2D eigenvalue weighted by Crippen LogP contribution is -2.47. The van der Waals surface area contributed by atoms with Gasteiger partial charge in [-0.15, -0.1) is 0 Å². The summed E-state index contributed by atoms with van der Waals surface area (Å²) in [6.07, 6.45) is -2.00. The number of hydrogen-bond donors (Lipinski definition) is 1. The van der Waals surface area contributed by atoms with Gasteiger partial charge < -0.3 is 15.1 Å². The summed E-state index contributed by atoms with van der Waals surface area (Å²) in [4.78, 5) is 19.1. The van der Waals surface area contributed by atoms with Crippen LogP contribution in [0.15, 0.2) is 42.5 Å². The molecule has 6 nitrogen and oxygen atoms in total. The van der Waals surface area contributed by atoms with E-state index in [2.05, 4.69) is 21.2 Å². The van der Waals surface area contributed by atoms with Gasteiger partial charge in [-0.05, 0) is 62.2 Å². The number of amides is 1. The Morgan fingerprint density at radius 3 is 2.32 bits per heavy atom. The highest BCUT2D eigenvalue weighted by molar-refractivity contribution is 6.30. The summed E-state index contributed by atoms with van der Waals surface area (Å²) in [7, 11) is 0. The summed E-state index contributed by atoms with van der Waals surface area (Å²) in [6.45, 7) is 5.70. The van der Waals surface area contributed by atoms with Crippen LogP contribution < -0.4 is 15.1 Å². The molecule has 2 heterocycles. The van der Waals surface area contributed by atoms with Crippen LogP contribution in [0.4, 0.5) is 24.5 Å². The summed E-state index contributed by atoms with van der Waals surface area (Å²) >= 11 is 6.10. The van der Waals surface area contributed by atoms with Crippen LogP contribution >= 0.6 is 11.6 Å². The molecule has 0 saturated carbocycles. The van der Waals surface area contributed by atoms with E-state index in [9.17, 15) is 18.0 Å². The predicted octanol–water partition coefficient (Wildman–Crippen LogP) is 4.92. The Kier molecular flexibility index (Phi) is 8.83. The molecule has 37 heavy (non-hydrogen) atoms. The molecule has 0 aliphatic carbocycles. The molecule has 0 spiro atoms. The Balaban J connectivity index is 1.16. The van der Waals surface area contributed by atoms with Gasteiger partial charge in [0.25, 0.3) is 0 Å². The van der Waals surface area contributed by atoms with Crippen molar-refractivity contribution in [1.29, 1.82) is 5.26 Å². The van der Waals surface area contributed by atoms with Gasteiger partial charge >= 0.3 is 6.18 Å². The number of benzene rings is 2. The van der Waals surface area contributed by atoms with Crippen LogP contribution in [0.1, 0.15) is 36.8 Å². The van der Waals surface area contributed by atoms with Crippen molar-refractivity contribution in [2.75, 3.05) is 55.6 Å². The van der Waals surface area contributed by atoms with Crippen molar-refractivity contribution in [2.24, 2.45) is 0 Å². The minimum absolute atomic E-state index is 0.0189. The zero-order chi connectivity index (χ0) is 26.4. The number of piperidine rings is 1. The molecule has 0 atom stereocenters. The first-order valence-corrected chi connectivity index (χ1v) is 13.0. The molecule has 2 aromatic rings. The molecule has 0 aromatic heterocycles. The average Bonchev–Trinajstić information content (AvgIpc) is 2.89. The second-order valence-electron chi connectivity index (χ2n) is 9.58. The topological polar surface area (TPSA) is 62.6 Å². The minimum Gasteiger partial charge on any atom is -0.371 e. The third kappa shape index (κ3) is 7.30. The highest BCUT2D eigenvalue weighted by Crippen LogP contribution is 2.35. The number of piperazine rings is 1. The number of anilines is 2. The zero-order valence-electron chi connectivity index (χ0n) is 20.6. The van der Waals surface area contributed by atoms with Crippen LogP contribution in [0.5, 0.6) is 0 Å². The first kappa shape index (κ1) is 27.1. The third-order valence-corrected chi connectivity index (χ3v) is 7.31. The fourth-order valence-electron chi connectivity index (χ4n) is 5.01. The average molecular weight is 534 g/mol. The van der Waals surface area contributed by atoms with E-state index < -0.39 is 11.7 Å². The Morgan fingerprint density at radius 2 is 1.68 bits per heavy atom. The molecule has 1 amide bonds. The molecule has 2 aromatic carbocycles. The highest BCUT2D eigenvalue weighted by atomic mass is 35.5. The standard InChI is InChI=1S/C27H31ClF3N5O/c28-21-3-1-4-23(17-21)36-15-13-34(14-16-36)10-2-5-26(37)33-22-8-11-35(12-9-22)24-7-6-20(19-32)25(18-24)27(29,30)31/h1,3-4,6-7,17-18,22H,2,5,8-16H2,(H,33,37). The minimum atomic E-state index is -4.57. The maximum Gasteiger partial charge on any atom is 0.417 e. The molecule has 2 aliphatic heterocycles. The number of alkyl halides is 3. The molecule has 2 saturated heterocycles. The van der Waals surface area contributed by atoms with E-state index in [-0.39, 0.29) is 17.5 Å². The Labute approximate surface area is 220 Å². The summed E-state index contributed by atoms with van der Waals surface area (Å²) < 4.78 is 39.8. The lowest BCUT2D eigenvalue weighted by atomic mass is 10.0. The number of nitrogens with zero attached hydrogens (tertiary/aromatic N) is 4. The van der Waals surface area contributed by atoms with Gasteiger partial charge in [-0.1, -0.05) is 17.7 Å². The molecule has 2 fully saturated rings. The van der Waals surface area contributed by atoms with Crippen LogP contribution in [0.3, 0.4) is 0 Å². The van der Waals surface area contributed by atoms with Gasteiger partial charge in [0, 0.05) is 68.1 Å². The van der Waals surface area contributed by atoms with E-state index in [0.717, 1.165) is 55.9 Å². The SMILES string of the molecule is N#Cc1ccc(N2CCC(NC(=O)CCCN3CCN(c4cccc(Cl)c4)CC3)CC2)cc1C(F)(F)F. The summed E-state index contributed by atoms with van der Waals surface area (Å²) in [5.74, 6) is 0.0220. The quantitative estimate of drug-likeness (QED) is 0.547. The number of carbonyl (C=O) groups excluding carboxylic acids is 1. The first-order valence-electron chi connectivity index (χ1n) is 12.6. The van der Waals surface area contributed by atoms with Crippen molar-refractivity contribution >= 4 is 28.9 Å². The van der Waals surface area contributed by atoms with Gasteiger partial charge in [-0.3, -0.25) is 9.69 Å². The van der Waals surface area contributed by atoms with E-state index in [1.165, 1.54) is 6.07 Å². The maximum absolute atomic E-state index is 13.3. The number of rotatable bonds is 7. The third-order valence-electron chi connectivity index (χ3n) is 7.08. The van der Waals surface area contributed by atoms with E-state index in [1.54, 1.807) is 12.1 Å². The van der Waals surface area contributed by atoms with Gasteiger partial charge in [0.2, 0.25) is 5.91 Å². The van der Waals surface area contributed by atoms with Gasteiger partial charge in [0.05, 0.1) is 17.2 Å². The van der Waals surface area contributed by atoms with E-state index in [1.807, 2.05) is 23.1 Å². The van der Waals surface area contributed by atoms with Crippen LogP contribution in [-0.2, 0) is 11.0 Å². The van der Waals surface area contributed by atoms with Crippen molar-refractivity contribution < 1.29 is 18.0 Å². The Hall–Kier alpha value is -2.96. The fourth-order valence-corrected chi connectivity index (χ4v) is 5.19. The maximum atomic E-state index is 13.3. The molecule has 1 N–H and O–H groups in total. The molecule has 0 unspecified atom stereocenters. The number of nitriles is 1. The monoisotopic (exact) mass is 533 g/mol. The van der Waals surface area contributed by atoms with Gasteiger partial charge in [-0.25, -0.2) is 0 Å². The molecular formula is C27H31ClF3N5O. The first-order chi connectivity index (χ1) is 17.7. The van der Waals surface area contributed by atoms with Gasteiger partial charge in [0.1, 0.15) is 0 Å². The van der Waals surface area contributed by atoms with Crippen molar-refractivity contribution in [1.82, 2.24) is 10.2 Å². The molecule has 4 rings (SSSR count). The fraction of sp³-hybridized carbons (Fsp3) is 0.481. The number of hydrogen-bond acceptors (Lipinski definition) is 5. The number of halogens is 4. The van der Waals surface area contributed by atoms with Crippen LogP contribution in [0, 0.1) is 11.3 Å². The van der Waals surface area contributed by atoms with Crippen LogP contribution in [0.2, 0.25) is 5.02 Å². The van der Waals surface area contributed by atoms with Crippen molar-refractivity contribution in [3.8, 4) is 6.07 Å². The number of nitrogens with one attached hydrogen (secondary N) is 1. The molecule has 0 bridgehead atoms. The normalized spacial score (nSPS) is 17.5. The molecule has 10 heteroatoms. The second-order valence-corrected chi connectivity index (χ2v) is 10.0. The predicted molar refractivity (Wildman–Crippen MR) is 139 cm³/mol. The molecule has 0 radical (unpaired) electrons. The van der Waals surface area contributed by atoms with Crippen molar-refractivity contribution in [2.45, 2.75) is 37.9 Å².